The lowest BCUT2D eigenvalue weighted by Crippen LogP contribution is -2.33. The Hall–Kier alpha value is -1.88. The van der Waals surface area contributed by atoms with Gasteiger partial charge in [-0.25, -0.2) is 0 Å². The fourth-order valence-corrected chi connectivity index (χ4v) is 1.61. The van der Waals surface area contributed by atoms with Gasteiger partial charge in [-0.3, -0.25) is 4.79 Å². The van der Waals surface area contributed by atoms with E-state index in [-0.39, 0.29) is 11.8 Å². The van der Waals surface area contributed by atoms with E-state index in [1.54, 1.807) is 6.07 Å². The van der Waals surface area contributed by atoms with Gasteiger partial charge in [-0.1, -0.05) is 37.3 Å². The molecule has 2 aromatic rings. The smallest absolute Gasteiger partial charge is 0.287 e. The molecule has 0 spiro atoms. The third-order valence-corrected chi connectivity index (χ3v) is 3.11. The summed E-state index contributed by atoms with van der Waals surface area (Å²) in [4.78, 5) is 12.2. The topological polar surface area (TPSA) is 68.3 Å². The molecule has 0 saturated heterocycles. The van der Waals surface area contributed by atoms with Gasteiger partial charge in [-0.05, 0) is 12.1 Å². The van der Waals surface area contributed by atoms with Gasteiger partial charge in [0.25, 0.3) is 5.91 Å². The van der Waals surface area contributed by atoms with E-state index in [0.717, 1.165) is 5.39 Å². The van der Waals surface area contributed by atoms with Crippen molar-refractivity contribution in [2.24, 2.45) is 11.7 Å². The summed E-state index contributed by atoms with van der Waals surface area (Å²) in [5.41, 5.74) is 6.18. The highest BCUT2D eigenvalue weighted by molar-refractivity contribution is 7.80. The highest BCUT2D eigenvalue weighted by Gasteiger charge is 2.13. The number of hydrogen-bond donors (Lipinski definition) is 2. The zero-order valence-electron chi connectivity index (χ0n) is 9.97. The summed E-state index contributed by atoms with van der Waals surface area (Å²) < 4.78 is 5.45. The SMILES string of the molecule is CC(CNC(=O)c1cc2ccccc2o1)C(N)=S. The van der Waals surface area contributed by atoms with Crippen LogP contribution in [0.2, 0.25) is 0 Å². The van der Waals surface area contributed by atoms with Crippen LogP contribution in [0.3, 0.4) is 0 Å². The quantitative estimate of drug-likeness (QED) is 0.828. The van der Waals surface area contributed by atoms with Gasteiger partial charge < -0.3 is 15.5 Å². The minimum absolute atomic E-state index is 0.0340. The predicted molar refractivity (Wildman–Crippen MR) is 74.5 cm³/mol. The number of thiocarbonyl (C=S) groups is 1. The van der Waals surface area contributed by atoms with Crippen molar-refractivity contribution >= 4 is 34.1 Å². The summed E-state index contributed by atoms with van der Waals surface area (Å²) in [6.45, 7) is 2.27. The van der Waals surface area contributed by atoms with Crippen molar-refractivity contribution in [2.45, 2.75) is 6.92 Å². The summed E-state index contributed by atoms with van der Waals surface area (Å²) in [5.74, 6) is 0.00830. The first-order chi connectivity index (χ1) is 8.58. The molecule has 1 unspecified atom stereocenters. The van der Waals surface area contributed by atoms with Gasteiger partial charge in [-0.15, -0.1) is 0 Å². The van der Waals surface area contributed by atoms with Crippen LogP contribution in [-0.4, -0.2) is 17.4 Å². The number of benzene rings is 1. The highest BCUT2D eigenvalue weighted by atomic mass is 32.1. The van der Waals surface area contributed by atoms with Gasteiger partial charge in [-0.2, -0.15) is 0 Å². The number of nitrogens with one attached hydrogen (secondary N) is 1. The summed E-state index contributed by atoms with van der Waals surface area (Å²) in [6, 6.07) is 9.20. The molecule has 3 N–H and O–H groups in total. The van der Waals surface area contributed by atoms with Crippen molar-refractivity contribution in [1.29, 1.82) is 0 Å². The average Bonchev–Trinajstić information content (AvgIpc) is 2.79. The molecule has 94 valence electrons. The Kier molecular flexibility index (Phi) is 3.62. The molecule has 0 saturated carbocycles. The third-order valence-electron chi connectivity index (χ3n) is 2.70. The second kappa shape index (κ2) is 5.18. The number of carbonyl (C=O) groups excluding carboxylic acids is 1. The Labute approximate surface area is 110 Å². The molecule has 0 fully saturated rings. The van der Waals surface area contributed by atoms with E-state index in [2.05, 4.69) is 5.32 Å². The molecular weight excluding hydrogens is 248 g/mol. The van der Waals surface area contributed by atoms with Crippen LogP contribution in [0.4, 0.5) is 0 Å². The van der Waals surface area contributed by atoms with Gasteiger partial charge in [0.05, 0.1) is 4.99 Å². The number of amides is 1. The lowest BCUT2D eigenvalue weighted by molar-refractivity contribution is 0.0926. The normalized spacial score (nSPS) is 12.3. The molecule has 1 aromatic heterocycles. The molecule has 4 nitrogen and oxygen atoms in total. The van der Waals surface area contributed by atoms with E-state index in [4.69, 9.17) is 22.4 Å². The number of furan rings is 1. The maximum atomic E-state index is 11.9. The molecule has 5 heteroatoms. The minimum atomic E-state index is -0.255. The second-order valence-corrected chi connectivity index (χ2v) is 4.63. The number of hydrogen-bond acceptors (Lipinski definition) is 3. The van der Waals surface area contributed by atoms with E-state index >= 15 is 0 Å². The average molecular weight is 262 g/mol. The van der Waals surface area contributed by atoms with Crippen LogP contribution in [0.15, 0.2) is 34.7 Å². The van der Waals surface area contributed by atoms with E-state index in [9.17, 15) is 4.79 Å². The highest BCUT2D eigenvalue weighted by Crippen LogP contribution is 2.18. The van der Waals surface area contributed by atoms with Crippen LogP contribution in [-0.2, 0) is 0 Å². The van der Waals surface area contributed by atoms with E-state index in [1.165, 1.54) is 0 Å². The molecule has 1 heterocycles. The van der Waals surface area contributed by atoms with Crippen molar-refractivity contribution in [3.8, 4) is 0 Å². The fourth-order valence-electron chi connectivity index (χ4n) is 1.53. The van der Waals surface area contributed by atoms with Gasteiger partial charge in [0, 0.05) is 17.8 Å². The zero-order valence-corrected chi connectivity index (χ0v) is 10.8. The molecular formula is C13H14N2O2S. The maximum absolute atomic E-state index is 11.9. The Morgan fingerprint density at radius 3 is 2.89 bits per heavy atom. The monoisotopic (exact) mass is 262 g/mol. The van der Waals surface area contributed by atoms with Crippen LogP contribution in [0.25, 0.3) is 11.0 Å². The molecule has 2 rings (SSSR count). The van der Waals surface area contributed by atoms with Crippen molar-refractivity contribution < 1.29 is 9.21 Å². The van der Waals surface area contributed by atoms with Crippen molar-refractivity contribution in [1.82, 2.24) is 5.32 Å². The molecule has 1 aromatic carbocycles. The second-order valence-electron chi connectivity index (χ2n) is 4.16. The Bertz CT molecular complexity index is 558. The predicted octanol–water partition coefficient (Wildman–Crippen LogP) is 2.08. The number of carbonyl (C=O) groups is 1. The van der Waals surface area contributed by atoms with Crippen molar-refractivity contribution in [3.05, 3.63) is 36.1 Å². The summed E-state index contributed by atoms with van der Waals surface area (Å²) in [6.07, 6.45) is 0. The van der Waals surface area contributed by atoms with Gasteiger partial charge in [0.15, 0.2) is 5.76 Å². The van der Waals surface area contributed by atoms with Crippen LogP contribution in [0, 0.1) is 5.92 Å². The molecule has 0 aliphatic carbocycles. The van der Waals surface area contributed by atoms with Crippen LogP contribution < -0.4 is 11.1 Å². The molecule has 0 radical (unpaired) electrons. The van der Waals surface area contributed by atoms with Gasteiger partial charge >= 0.3 is 0 Å². The summed E-state index contributed by atoms with van der Waals surface area (Å²) in [7, 11) is 0. The van der Waals surface area contributed by atoms with Crippen LogP contribution in [0.5, 0.6) is 0 Å². The first kappa shape index (κ1) is 12.6. The standard InChI is InChI=1S/C13H14N2O2S/c1-8(12(14)18)7-15-13(16)11-6-9-4-2-3-5-10(9)17-11/h2-6,8H,7H2,1H3,(H2,14,18)(H,15,16). The zero-order chi connectivity index (χ0) is 13.1. The lowest BCUT2D eigenvalue weighted by Gasteiger charge is -2.09. The van der Waals surface area contributed by atoms with Crippen molar-refractivity contribution in [3.63, 3.8) is 0 Å². The van der Waals surface area contributed by atoms with E-state index in [0.29, 0.717) is 22.9 Å². The van der Waals surface area contributed by atoms with Gasteiger partial charge in [0.2, 0.25) is 0 Å². The number of para-hydroxylation sites is 1. The molecule has 1 amide bonds. The molecule has 0 aliphatic rings. The van der Waals surface area contributed by atoms with E-state index in [1.807, 2.05) is 31.2 Å². The maximum Gasteiger partial charge on any atom is 0.287 e. The lowest BCUT2D eigenvalue weighted by atomic mass is 10.2. The van der Waals surface area contributed by atoms with Crippen LogP contribution in [0.1, 0.15) is 17.5 Å². The van der Waals surface area contributed by atoms with Gasteiger partial charge in [0.1, 0.15) is 5.58 Å². The first-order valence-corrected chi connectivity index (χ1v) is 6.05. The number of fused-ring (bicyclic) bond motifs is 1. The number of rotatable bonds is 4. The van der Waals surface area contributed by atoms with Crippen LogP contribution >= 0.6 is 12.2 Å². The molecule has 1 atom stereocenters. The largest absolute Gasteiger partial charge is 0.451 e. The number of nitrogens with two attached hydrogens (primary N) is 1. The Morgan fingerprint density at radius 1 is 1.50 bits per heavy atom. The van der Waals surface area contributed by atoms with Crippen molar-refractivity contribution in [2.75, 3.05) is 6.54 Å². The first-order valence-electron chi connectivity index (χ1n) is 5.64. The molecule has 0 bridgehead atoms. The minimum Gasteiger partial charge on any atom is -0.451 e. The molecule has 0 aliphatic heterocycles. The molecule has 18 heavy (non-hydrogen) atoms. The fraction of sp³-hybridized carbons (Fsp3) is 0.231. The Balaban J connectivity index is 2.07. The third kappa shape index (κ3) is 2.68. The van der Waals surface area contributed by atoms with E-state index < -0.39 is 0 Å². The Morgan fingerprint density at radius 2 is 2.22 bits per heavy atom. The summed E-state index contributed by atoms with van der Waals surface area (Å²) >= 11 is 4.84. The summed E-state index contributed by atoms with van der Waals surface area (Å²) in [5, 5.41) is 3.65.